The Labute approximate surface area is 238 Å². The molecular formula is C38H31NSi. The number of hydrogen-bond donors (Lipinski definition) is 0. The topological polar surface area (TPSA) is 3.24 Å². The van der Waals surface area contributed by atoms with Gasteiger partial charge in [0.25, 0.3) is 8.24 Å². The molecule has 6 aromatic rings. The highest BCUT2D eigenvalue weighted by Gasteiger charge is 2.47. The Morgan fingerprint density at radius 2 is 0.750 bits per heavy atom. The first kappa shape index (κ1) is 25.4. The lowest BCUT2D eigenvalue weighted by Crippen LogP contribution is -2.77. The quantitative estimate of drug-likeness (QED) is 0.113. The van der Waals surface area contributed by atoms with Crippen LogP contribution < -0.4 is 20.1 Å². The van der Waals surface area contributed by atoms with Crippen molar-refractivity contribution in [1.29, 1.82) is 0 Å². The molecule has 1 nitrogen and oxygen atoms in total. The van der Waals surface area contributed by atoms with Crippen LogP contribution in [0.5, 0.6) is 0 Å². The van der Waals surface area contributed by atoms with Gasteiger partial charge in [-0.25, -0.2) is 0 Å². The molecule has 192 valence electrons. The zero-order chi connectivity index (χ0) is 27.0. The van der Waals surface area contributed by atoms with Crippen LogP contribution in [0.4, 0.5) is 5.69 Å². The van der Waals surface area contributed by atoms with Crippen molar-refractivity contribution in [2.24, 2.45) is 0 Å². The molecule has 0 N–H and O–H groups in total. The zero-order valence-electron chi connectivity index (χ0n) is 22.3. The first-order chi connectivity index (χ1) is 19.9. The van der Waals surface area contributed by atoms with Crippen LogP contribution in [0.3, 0.4) is 0 Å². The van der Waals surface area contributed by atoms with E-state index in [2.05, 4.69) is 193 Å². The van der Waals surface area contributed by atoms with E-state index < -0.39 is 8.24 Å². The fourth-order valence-electron chi connectivity index (χ4n) is 5.61. The molecule has 0 aromatic heterocycles. The zero-order valence-corrected chi connectivity index (χ0v) is 23.3. The van der Waals surface area contributed by atoms with Crippen molar-refractivity contribution in [3.63, 3.8) is 0 Å². The van der Waals surface area contributed by atoms with Crippen LogP contribution in [-0.2, 0) is 0 Å². The van der Waals surface area contributed by atoms with Crippen LogP contribution in [0.15, 0.2) is 182 Å². The summed E-state index contributed by atoms with van der Waals surface area (Å²) >= 11 is 0. The lowest BCUT2D eigenvalue weighted by Gasteiger charge is -2.46. The summed E-state index contributed by atoms with van der Waals surface area (Å²) in [7, 11) is -2.93. The SMILES string of the molecule is C(=C(/c1ccccc1)N(c1ccccc1)[Si](c1ccccc1)(c1ccccc1)c1ccccc1)/c1ccccc1. The molecule has 0 saturated heterocycles. The van der Waals surface area contributed by atoms with Crippen molar-refractivity contribution < 1.29 is 0 Å². The van der Waals surface area contributed by atoms with Gasteiger partial charge in [-0.2, -0.15) is 0 Å². The monoisotopic (exact) mass is 529 g/mol. The molecule has 6 aromatic carbocycles. The van der Waals surface area contributed by atoms with E-state index in [0.717, 1.165) is 5.69 Å². The van der Waals surface area contributed by atoms with Gasteiger partial charge in [-0.1, -0.05) is 170 Å². The van der Waals surface area contributed by atoms with E-state index in [-0.39, 0.29) is 0 Å². The molecule has 0 spiro atoms. The number of rotatable bonds is 8. The summed E-state index contributed by atoms with van der Waals surface area (Å²) in [5.41, 5.74) is 4.67. The van der Waals surface area contributed by atoms with Gasteiger partial charge in [-0.3, -0.25) is 0 Å². The Bertz CT molecular complexity index is 1550. The Hall–Kier alpha value is -4.92. The van der Waals surface area contributed by atoms with E-state index in [1.165, 1.54) is 32.4 Å². The normalized spacial score (nSPS) is 11.7. The summed E-state index contributed by atoms with van der Waals surface area (Å²) in [6.07, 6.45) is 2.35. The smallest absolute Gasteiger partial charge is 0.257 e. The first-order valence-electron chi connectivity index (χ1n) is 13.7. The van der Waals surface area contributed by atoms with E-state index in [1.54, 1.807) is 0 Å². The average Bonchev–Trinajstić information content (AvgIpc) is 3.05. The van der Waals surface area contributed by atoms with Gasteiger partial charge in [0.2, 0.25) is 0 Å². The maximum Gasteiger partial charge on any atom is 0.257 e. The van der Waals surface area contributed by atoms with E-state index in [1.807, 2.05) is 0 Å². The minimum atomic E-state index is -2.93. The van der Waals surface area contributed by atoms with Crippen molar-refractivity contribution in [2.75, 3.05) is 4.57 Å². The maximum absolute atomic E-state index is 2.93. The van der Waals surface area contributed by atoms with Gasteiger partial charge in [0, 0.05) is 11.4 Å². The Kier molecular flexibility index (Phi) is 7.52. The van der Waals surface area contributed by atoms with Crippen LogP contribution in [0, 0.1) is 0 Å². The van der Waals surface area contributed by atoms with Crippen LogP contribution in [0.2, 0.25) is 0 Å². The van der Waals surface area contributed by atoms with Crippen molar-refractivity contribution in [2.45, 2.75) is 0 Å². The third-order valence-corrected chi connectivity index (χ3v) is 12.0. The number of anilines is 1. The predicted molar refractivity (Wildman–Crippen MR) is 174 cm³/mol. The van der Waals surface area contributed by atoms with Gasteiger partial charge in [0.1, 0.15) is 0 Å². The Morgan fingerprint density at radius 1 is 0.400 bits per heavy atom. The average molecular weight is 530 g/mol. The van der Waals surface area contributed by atoms with Crippen molar-refractivity contribution >= 4 is 41.3 Å². The fourth-order valence-corrected chi connectivity index (χ4v) is 10.5. The molecule has 0 heterocycles. The van der Waals surface area contributed by atoms with Crippen LogP contribution in [0.25, 0.3) is 11.8 Å². The molecule has 0 saturated carbocycles. The summed E-state index contributed by atoms with van der Waals surface area (Å²) in [6, 6.07) is 65.6. The third kappa shape index (κ3) is 4.93. The Morgan fingerprint density at radius 3 is 1.18 bits per heavy atom. The molecule has 6 rings (SSSR count). The summed E-state index contributed by atoms with van der Waals surface area (Å²) in [5, 5.41) is 3.98. The van der Waals surface area contributed by atoms with Gasteiger partial charge in [0.05, 0.1) is 0 Å². The van der Waals surface area contributed by atoms with Crippen molar-refractivity contribution in [3.05, 3.63) is 193 Å². The lowest BCUT2D eigenvalue weighted by atomic mass is 10.1. The summed E-state index contributed by atoms with van der Waals surface area (Å²) in [6.45, 7) is 0. The highest BCUT2D eigenvalue weighted by molar-refractivity contribution is 7.14. The number of benzene rings is 6. The van der Waals surface area contributed by atoms with Crippen LogP contribution in [-0.4, -0.2) is 8.24 Å². The molecular weight excluding hydrogens is 499 g/mol. The number of nitrogens with zero attached hydrogens (tertiary/aromatic N) is 1. The van der Waals surface area contributed by atoms with Gasteiger partial charge < -0.3 is 4.57 Å². The summed E-state index contributed by atoms with van der Waals surface area (Å²) in [5.74, 6) is 0. The highest BCUT2D eigenvalue weighted by Crippen LogP contribution is 2.33. The molecule has 0 aliphatic heterocycles. The third-order valence-electron chi connectivity index (χ3n) is 7.34. The second kappa shape index (κ2) is 11.9. The predicted octanol–water partition coefficient (Wildman–Crippen LogP) is 7.36. The van der Waals surface area contributed by atoms with E-state index in [0.29, 0.717) is 0 Å². The minimum absolute atomic E-state index is 1.16. The molecule has 0 radical (unpaired) electrons. The standard InChI is InChI=1S/C38H31NSi/c1-7-19-32(20-8-1)31-38(33-21-9-2-10-22-33)39(34-23-11-3-12-24-34)40(35-25-13-4-14-26-35,36-27-15-5-16-28-36)37-29-17-6-18-30-37/h1-31H/b38-31+. The molecule has 0 amide bonds. The number of para-hydroxylation sites is 1. The van der Waals surface area contributed by atoms with Crippen LogP contribution in [0.1, 0.15) is 11.1 Å². The van der Waals surface area contributed by atoms with E-state index in [9.17, 15) is 0 Å². The molecule has 0 aliphatic rings. The molecule has 0 atom stereocenters. The first-order valence-corrected chi connectivity index (χ1v) is 15.7. The minimum Gasteiger partial charge on any atom is -0.356 e. The summed E-state index contributed by atoms with van der Waals surface area (Å²) in [4.78, 5) is 0. The van der Waals surface area contributed by atoms with E-state index in [4.69, 9.17) is 0 Å². The van der Waals surface area contributed by atoms with E-state index >= 15 is 0 Å². The number of hydrogen-bond acceptors (Lipinski definition) is 1. The fraction of sp³-hybridized carbons (Fsp3) is 0. The van der Waals surface area contributed by atoms with Crippen molar-refractivity contribution in [1.82, 2.24) is 0 Å². The Balaban J connectivity index is 1.79. The van der Waals surface area contributed by atoms with Gasteiger partial charge >= 0.3 is 0 Å². The van der Waals surface area contributed by atoms with Gasteiger partial charge in [-0.15, -0.1) is 0 Å². The molecule has 0 aliphatic carbocycles. The van der Waals surface area contributed by atoms with Gasteiger partial charge in [-0.05, 0) is 44.9 Å². The van der Waals surface area contributed by atoms with Crippen molar-refractivity contribution in [3.8, 4) is 0 Å². The molecule has 2 heteroatoms. The van der Waals surface area contributed by atoms with Gasteiger partial charge in [0.15, 0.2) is 0 Å². The van der Waals surface area contributed by atoms with Crippen LogP contribution >= 0.6 is 0 Å². The molecule has 40 heavy (non-hydrogen) atoms. The molecule has 0 bridgehead atoms. The second-order valence-electron chi connectivity index (χ2n) is 9.79. The molecule has 0 unspecified atom stereocenters. The lowest BCUT2D eigenvalue weighted by molar-refractivity contribution is 1.37. The highest BCUT2D eigenvalue weighted by atomic mass is 28.3. The molecule has 0 fully saturated rings. The maximum atomic E-state index is 2.66. The summed E-state index contributed by atoms with van der Waals surface area (Å²) < 4.78 is 2.66. The largest absolute Gasteiger partial charge is 0.356 e. The second-order valence-corrected chi connectivity index (χ2v) is 13.4.